The van der Waals surface area contributed by atoms with Crippen molar-refractivity contribution in [3.63, 3.8) is 0 Å². The molecule has 0 radical (unpaired) electrons. The number of rotatable bonds is 0. The highest BCUT2D eigenvalue weighted by molar-refractivity contribution is 5.28. The number of hydrogen-bond donors (Lipinski definition) is 0. The molecule has 0 saturated carbocycles. The zero-order valence-electron chi connectivity index (χ0n) is 12.7. The van der Waals surface area contributed by atoms with E-state index in [1.807, 2.05) is 0 Å². The second kappa shape index (κ2) is 7.02. The van der Waals surface area contributed by atoms with Gasteiger partial charge in [-0.05, 0) is 39.3 Å². The van der Waals surface area contributed by atoms with Gasteiger partial charge in [0.1, 0.15) is 5.82 Å². The molecule has 2 aromatic rings. The zero-order chi connectivity index (χ0) is 18.1. The predicted molar refractivity (Wildman–Crippen MR) is 71.5 cm³/mol. The minimum atomic E-state index is -1.33. The first kappa shape index (κ1) is 19.0. The van der Waals surface area contributed by atoms with Gasteiger partial charge in [-0.15, -0.1) is 0 Å². The molecule has 23 heavy (non-hydrogen) atoms. The molecule has 0 saturated heterocycles. The van der Waals surface area contributed by atoms with Crippen molar-refractivity contribution in [3.05, 3.63) is 69.0 Å². The van der Waals surface area contributed by atoms with E-state index in [1.165, 1.54) is 13.8 Å². The third-order valence-electron chi connectivity index (χ3n) is 3.27. The Bertz CT molecular complexity index is 620. The minimum absolute atomic E-state index is 0.00870. The summed E-state index contributed by atoms with van der Waals surface area (Å²) in [7, 11) is 0. The van der Waals surface area contributed by atoms with Crippen LogP contribution in [0.1, 0.15) is 22.3 Å². The van der Waals surface area contributed by atoms with Crippen molar-refractivity contribution in [1.82, 2.24) is 0 Å². The van der Waals surface area contributed by atoms with Crippen LogP contribution in [0.5, 0.6) is 0 Å². The Labute approximate surface area is 128 Å². The maximum absolute atomic E-state index is 12.7. The summed E-state index contributed by atoms with van der Waals surface area (Å²) >= 11 is 0. The molecular weight excluding hydrogens is 325 g/mol. The van der Waals surface area contributed by atoms with Crippen LogP contribution in [0.15, 0.2) is 6.07 Å². The molecule has 0 unspecified atom stereocenters. The second-order valence-corrected chi connectivity index (χ2v) is 4.93. The molecule has 0 amide bonds. The normalized spacial score (nSPS) is 10.4. The maximum Gasteiger partial charge on any atom is 0.165 e. The molecule has 126 valence electrons. The van der Waals surface area contributed by atoms with Crippen molar-refractivity contribution in [2.45, 2.75) is 27.7 Å². The van der Waals surface area contributed by atoms with E-state index in [1.54, 1.807) is 0 Å². The van der Waals surface area contributed by atoms with Crippen molar-refractivity contribution in [2.24, 2.45) is 0 Å². The molecule has 0 heterocycles. The van der Waals surface area contributed by atoms with Crippen molar-refractivity contribution in [1.29, 1.82) is 0 Å². The van der Waals surface area contributed by atoms with Gasteiger partial charge < -0.3 is 0 Å². The van der Waals surface area contributed by atoms with E-state index in [0.717, 1.165) is 19.9 Å². The third-order valence-corrected chi connectivity index (χ3v) is 3.27. The highest BCUT2D eigenvalue weighted by Crippen LogP contribution is 2.22. The van der Waals surface area contributed by atoms with Crippen LogP contribution in [0.2, 0.25) is 0 Å². The smallest absolute Gasteiger partial charge is 0.165 e. The Hall–Kier alpha value is -2.05. The van der Waals surface area contributed by atoms with E-state index in [2.05, 4.69) is 0 Å². The molecule has 0 aliphatic carbocycles. The summed E-state index contributed by atoms with van der Waals surface area (Å²) in [5.74, 6) is -8.08. The van der Waals surface area contributed by atoms with Crippen molar-refractivity contribution in [3.8, 4) is 0 Å². The topological polar surface area (TPSA) is 0 Å². The average molecular weight is 338 g/mol. The Kier molecular flexibility index (Phi) is 5.80. The van der Waals surface area contributed by atoms with Gasteiger partial charge >= 0.3 is 0 Å². The van der Waals surface area contributed by atoms with Gasteiger partial charge in [0.05, 0.1) is 0 Å². The van der Waals surface area contributed by atoms with E-state index in [-0.39, 0.29) is 11.1 Å². The van der Waals surface area contributed by atoms with E-state index in [0.29, 0.717) is 0 Å². The van der Waals surface area contributed by atoms with Gasteiger partial charge in [0, 0.05) is 16.7 Å². The first-order valence-corrected chi connectivity index (χ1v) is 6.40. The Morgan fingerprint density at radius 2 is 0.783 bits per heavy atom. The van der Waals surface area contributed by atoms with Gasteiger partial charge in [-0.2, -0.15) is 0 Å². The molecule has 0 aliphatic rings. The SMILES string of the molecule is Cc1c(F)c(F)c(C)c(F)c1F.Cc1cc(F)c(C)c(F)c1F. The second-order valence-electron chi connectivity index (χ2n) is 4.93. The predicted octanol–water partition coefficient (Wildman–Crippen LogP) is 5.58. The lowest BCUT2D eigenvalue weighted by Gasteiger charge is -2.04. The summed E-state index contributed by atoms with van der Waals surface area (Å²) in [5.41, 5.74) is -1.54. The lowest BCUT2D eigenvalue weighted by molar-refractivity contribution is 0.436. The number of benzene rings is 2. The van der Waals surface area contributed by atoms with Crippen molar-refractivity contribution in [2.75, 3.05) is 0 Å². The van der Waals surface area contributed by atoms with Gasteiger partial charge in [-0.1, -0.05) is 0 Å². The minimum Gasteiger partial charge on any atom is -0.207 e. The van der Waals surface area contributed by atoms with Gasteiger partial charge in [0.2, 0.25) is 0 Å². The largest absolute Gasteiger partial charge is 0.207 e. The fraction of sp³-hybridized carbons (Fsp3) is 0.250. The summed E-state index contributed by atoms with van der Waals surface area (Å²) in [5, 5.41) is 0. The van der Waals surface area contributed by atoms with Crippen LogP contribution in [0.25, 0.3) is 0 Å². The number of aryl methyl sites for hydroxylation is 1. The molecule has 0 spiro atoms. The molecular formula is C16H13F7. The highest BCUT2D eigenvalue weighted by atomic mass is 19.2. The van der Waals surface area contributed by atoms with Crippen molar-refractivity contribution >= 4 is 0 Å². The molecule has 0 N–H and O–H groups in total. The van der Waals surface area contributed by atoms with Crippen LogP contribution >= 0.6 is 0 Å². The Morgan fingerprint density at radius 3 is 1.13 bits per heavy atom. The van der Waals surface area contributed by atoms with Gasteiger partial charge in [0.15, 0.2) is 34.9 Å². The summed E-state index contributed by atoms with van der Waals surface area (Å²) in [4.78, 5) is 0. The lowest BCUT2D eigenvalue weighted by Crippen LogP contribution is -2.02. The molecule has 0 nitrogen and oxygen atoms in total. The first-order valence-electron chi connectivity index (χ1n) is 6.40. The standard InChI is InChI=1S/C8H6F4.C8H7F3/c1-3-5(9)7(11)4(2)8(12)6(3)10;1-4-3-6(9)5(2)8(11)7(4)10/h1-2H3;3H,1-2H3. The molecule has 0 aliphatic heterocycles. The zero-order valence-corrected chi connectivity index (χ0v) is 12.7. The van der Waals surface area contributed by atoms with Crippen LogP contribution in [0.4, 0.5) is 30.7 Å². The summed E-state index contributed by atoms with van der Waals surface area (Å²) in [6, 6.07) is 0.980. The summed E-state index contributed by atoms with van der Waals surface area (Å²) < 4.78 is 88.5. The maximum atomic E-state index is 12.7. The van der Waals surface area contributed by atoms with Gasteiger partial charge in [-0.25, -0.2) is 30.7 Å². The quantitative estimate of drug-likeness (QED) is 0.434. The lowest BCUT2D eigenvalue weighted by atomic mass is 10.1. The fourth-order valence-electron chi connectivity index (χ4n) is 1.66. The summed E-state index contributed by atoms with van der Waals surface area (Å²) in [6.45, 7) is 4.49. The van der Waals surface area contributed by atoms with Crippen LogP contribution in [-0.4, -0.2) is 0 Å². The van der Waals surface area contributed by atoms with Crippen molar-refractivity contribution < 1.29 is 30.7 Å². The number of halogens is 7. The van der Waals surface area contributed by atoms with Crippen LogP contribution in [0.3, 0.4) is 0 Å². The highest BCUT2D eigenvalue weighted by Gasteiger charge is 2.19. The van der Waals surface area contributed by atoms with Crippen LogP contribution in [0, 0.1) is 68.4 Å². The molecule has 0 bridgehead atoms. The third kappa shape index (κ3) is 3.65. The Morgan fingerprint density at radius 1 is 0.478 bits per heavy atom. The van der Waals surface area contributed by atoms with Gasteiger partial charge in [0.25, 0.3) is 0 Å². The molecule has 0 fully saturated rings. The van der Waals surface area contributed by atoms with E-state index < -0.39 is 51.8 Å². The average Bonchev–Trinajstić information content (AvgIpc) is 2.53. The van der Waals surface area contributed by atoms with E-state index in [4.69, 9.17) is 0 Å². The molecule has 7 heteroatoms. The monoisotopic (exact) mass is 338 g/mol. The fourth-order valence-corrected chi connectivity index (χ4v) is 1.66. The van der Waals surface area contributed by atoms with Gasteiger partial charge in [-0.3, -0.25) is 0 Å². The molecule has 2 aromatic carbocycles. The first-order chi connectivity index (χ1) is 10.5. The van der Waals surface area contributed by atoms with Crippen LogP contribution in [-0.2, 0) is 0 Å². The van der Waals surface area contributed by atoms with Crippen LogP contribution < -0.4 is 0 Å². The summed E-state index contributed by atoms with van der Waals surface area (Å²) in [6.07, 6.45) is 0. The Balaban J connectivity index is 0.000000231. The number of hydrogen-bond acceptors (Lipinski definition) is 0. The van der Waals surface area contributed by atoms with E-state index >= 15 is 0 Å². The molecule has 0 aromatic heterocycles. The molecule has 0 atom stereocenters. The van der Waals surface area contributed by atoms with E-state index in [9.17, 15) is 30.7 Å². The molecule has 2 rings (SSSR count).